The summed E-state index contributed by atoms with van der Waals surface area (Å²) in [5.41, 5.74) is 6.05. The van der Waals surface area contributed by atoms with Gasteiger partial charge in [-0.1, -0.05) is 55.0 Å². The molecule has 148 valence electrons. The molecule has 2 aromatic carbocycles. The summed E-state index contributed by atoms with van der Waals surface area (Å²) in [5.74, 6) is 0.0894. The number of ether oxygens (including phenoxy) is 1. The third-order valence-electron chi connectivity index (χ3n) is 5.31. The van der Waals surface area contributed by atoms with Crippen LogP contribution in [-0.4, -0.2) is 31.2 Å². The van der Waals surface area contributed by atoms with Crippen LogP contribution >= 0.6 is 0 Å². The van der Waals surface area contributed by atoms with Gasteiger partial charge in [0.25, 0.3) is 0 Å². The van der Waals surface area contributed by atoms with Crippen LogP contribution in [0.25, 0.3) is 10.9 Å². The fraction of sp³-hybridized carbons (Fsp3) is 0.375. The number of para-hydroxylation sites is 1. The number of H-pyrrole nitrogens is 1. The molecule has 1 aromatic heterocycles. The van der Waals surface area contributed by atoms with Crippen molar-refractivity contribution in [3.05, 3.63) is 70.9 Å². The summed E-state index contributed by atoms with van der Waals surface area (Å²) in [7, 11) is 1.68. The first kappa shape index (κ1) is 20.2. The van der Waals surface area contributed by atoms with Crippen LogP contribution in [0.4, 0.5) is 0 Å². The molecule has 4 nitrogen and oxygen atoms in total. The maximum atomic E-state index is 12.6. The van der Waals surface area contributed by atoms with Crippen molar-refractivity contribution in [3.63, 3.8) is 0 Å². The van der Waals surface area contributed by atoms with E-state index in [0.29, 0.717) is 19.6 Å². The first-order chi connectivity index (χ1) is 13.6. The molecule has 0 saturated carbocycles. The Kier molecular flexibility index (Phi) is 6.88. The highest BCUT2D eigenvalue weighted by atomic mass is 16.5. The maximum Gasteiger partial charge on any atom is 0.220 e. The number of benzene rings is 2. The van der Waals surface area contributed by atoms with Gasteiger partial charge in [0.15, 0.2) is 0 Å². The van der Waals surface area contributed by atoms with Gasteiger partial charge in [-0.2, -0.15) is 0 Å². The number of carbonyl (C=O) groups is 1. The molecule has 4 heteroatoms. The Labute approximate surface area is 167 Å². The molecule has 3 aromatic rings. The van der Waals surface area contributed by atoms with E-state index in [0.717, 1.165) is 12.8 Å². The number of aromatic nitrogens is 1. The molecular weight excluding hydrogens is 348 g/mol. The molecule has 1 atom stereocenters. The molecule has 0 saturated heterocycles. The zero-order valence-electron chi connectivity index (χ0n) is 17.0. The molecular formula is C24H30N2O2. The molecule has 0 unspecified atom stereocenters. The van der Waals surface area contributed by atoms with Crippen molar-refractivity contribution in [3.8, 4) is 0 Å². The number of rotatable bonds is 9. The Morgan fingerprint density at radius 2 is 1.96 bits per heavy atom. The van der Waals surface area contributed by atoms with Crippen LogP contribution in [0.1, 0.15) is 47.9 Å². The zero-order valence-corrected chi connectivity index (χ0v) is 17.0. The number of aromatic amines is 1. The van der Waals surface area contributed by atoms with Gasteiger partial charge in [0, 0.05) is 49.7 Å². The highest BCUT2D eigenvalue weighted by Gasteiger charge is 2.22. The van der Waals surface area contributed by atoms with E-state index in [1.165, 1.54) is 33.2 Å². The molecule has 0 spiro atoms. The average Bonchev–Trinajstić information content (AvgIpc) is 3.14. The number of fused-ring (bicyclic) bond motifs is 1. The number of hydrogen-bond donors (Lipinski definition) is 2. The maximum absolute atomic E-state index is 12.6. The fourth-order valence-corrected chi connectivity index (χ4v) is 3.73. The molecule has 0 aliphatic rings. The second-order valence-corrected chi connectivity index (χ2v) is 7.30. The molecule has 28 heavy (non-hydrogen) atoms. The number of carbonyl (C=O) groups excluding carboxylic acids is 1. The Morgan fingerprint density at radius 1 is 1.18 bits per heavy atom. The summed E-state index contributed by atoms with van der Waals surface area (Å²) in [4.78, 5) is 16.1. The van der Waals surface area contributed by atoms with Crippen LogP contribution in [0, 0.1) is 6.92 Å². The minimum absolute atomic E-state index is 0.0175. The van der Waals surface area contributed by atoms with E-state index in [-0.39, 0.29) is 11.8 Å². The van der Waals surface area contributed by atoms with Gasteiger partial charge in [0.2, 0.25) is 5.91 Å². The summed E-state index contributed by atoms with van der Waals surface area (Å²) < 4.78 is 5.06. The largest absolute Gasteiger partial charge is 0.385 e. The minimum Gasteiger partial charge on any atom is -0.385 e. The van der Waals surface area contributed by atoms with Crippen molar-refractivity contribution in [1.29, 1.82) is 0 Å². The standard InChI is InChI=1S/C24H30N2O2/c1-4-18-7-5-8-20-22(16-26-24(18)20)21(19-11-9-17(2)10-12-19)15-23(27)25-13-6-14-28-3/h5,7-12,16,21,26H,4,6,13-15H2,1-3H3,(H,25,27)/t21-/m1/s1. The smallest absolute Gasteiger partial charge is 0.220 e. The van der Waals surface area contributed by atoms with E-state index in [4.69, 9.17) is 4.74 Å². The summed E-state index contributed by atoms with van der Waals surface area (Å²) in [6, 6.07) is 14.9. The van der Waals surface area contributed by atoms with Crippen molar-refractivity contribution >= 4 is 16.8 Å². The Morgan fingerprint density at radius 3 is 2.68 bits per heavy atom. The highest BCUT2D eigenvalue weighted by molar-refractivity contribution is 5.88. The van der Waals surface area contributed by atoms with Crippen LogP contribution in [0.5, 0.6) is 0 Å². The van der Waals surface area contributed by atoms with Crippen LogP contribution in [0.3, 0.4) is 0 Å². The Balaban J connectivity index is 1.91. The van der Waals surface area contributed by atoms with E-state index < -0.39 is 0 Å². The third kappa shape index (κ3) is 4.63. The zero-order chi connectivity index (χ0) is 19.9. The Bertz CT molecular complexity index is 912. The average molecular weight is 379 g/mol. The summed E-state index contributed by atoms with van der Waals surface area (Å²) in [6.07, 6.45) is 4.31. The molecule has 2 N–H and O–H groups in total. The first-order valence-electron chi connectivity index (χ1n) is 10.0. The summed E-state index contributed by atoms with van der Waals surface area (Å²) in [6.45, 7) is 5.55. The van der Waals surface area contributed by atoms with Gasteiger partial charge < -0.3 is 15.0 Å². The second-order valence-electron chi connectivity index (χ2n) is 7.30. The molecule has 1 heterocycles. The molecule has 0 radical (unpaired) electrons. The van der Waals surface area contributed by atoms with Gasteiger partial charge in [-0.3, -0.25) is 4.79 Å². The number of methoxy groups -OCH3 is 1. The molecule has 3 rings (SSSR count). The summed E-state index contributed by atoms with van der Waals surface area (Å²) >= 11 is 0. The first-order valence-corrected chi connectivity index (χ1v) is 10.0. The van der Waals surface area contributed by atoms with Gasteiger partial charge in [-0.15, -0.1) is 0 Å². The Hall–Kier alpha value is -2.59. The van der Waals surface area contributed by atoms with E-state index in [9.17, 15) is 4.79 Å². The molecule has 0 aliphatic heterocycles. The number of hydrogen-bond acceptors (Lipinski definition) is 2. The molecule has 0 fully saturated rings. The lowest BCUT2D eigenvalue weighted by Crippen LogP contribution is -2.27. The molecule has 0 aliphatic carbocycles. The molecule has 1 amide bonds. The topological polar surface area (TPSA) is 54.1 Å². The number of amides is 1. The predicted molar refractivity (Wildman–Crippen MR) is 115 cm³/mol. The predicted octanol–water partition coefficient (Wildman–Crippen LogP) is 4.71. The van der Waals surface area contributed by atoms with E-state index >= 15 is 0 Å². The van der Waals surface area contributed by atoms with Crippen LogP contribution < -0.4 is 5.32 Å². The van der Waals surface area contributed by atoms with Crippen molar-refractivity contribution < 1.29 is 9.53 Å². The van der Waals surface area contributed by atoms with Gasteiger partial charge in [0.05, 0.1) is 0 Å². The van der Waals surface area contributed by atoms with E-state index in [2.05, 4.69) is 72.8 Å². The van der Waals surface area contributed by atoms with Gasteiger partial charge in [0.1, 0.15) is 0 Å². The van der Waals surface area contributed by atoms with Crippen molar-refractivity contribution in [2.75, 3.05) is 20.3 Å². The van der Waals surface area contributed by atoms with Crippen LogP contribution in [0.2, 0.25) is 0 Å². The van der Waals surface area contributed by atoms with E-state index in [1.807, 2.05) is 0 Å². The fourth-order valence-electron chi connectivity index (χ4n) is 3.73. The van der Waals surface area contributed by atoms with Gasteiger partial charge >= 0.3 is 0 Å². The summed E-state index contributed by atoms with van der Waals surface area (Å²) in [5, 5.41) is 4.24. The van der Waals surface area contributed by atoms with Crippen molar-refractivity contribution in [1.82, 2.24) is 10.3 Å². The monoisotopic (exact) mass is 378 g/mol. The van der Waals surface area contributed by atoms with Crippen molar-refractivity contribution in [2.45, 2.75) is 39.0 Å². The second kappa shape index (κ2) is 9.56. The number of aryl methyl sites for hydroxylation is 2. The highest BCUT2D eigenvalue weighted by Crippen LogP contribution is 2.34. The van der Waals surface area contributed by atoms with Crippen LogP contribution in [-0.2, 0) is 16.0 Å². The van der Waals surface area contributed by atoms with Crippen LogP contribution in [0.15, 0.2) is 48.7 Å². The molecule has 0 bridgehead atoms. The number of nitrogens with one attached hydrogen (secondary N) is 2. The van der Waals surface area contributed by atoms with Crippen molar-refractivity contribution in [2.24, 2.45) is 0 Å². The third-order valence-corrected chi connectivity index (χ3v) is 5.31. The quantitative estimate of drug-likeness (QED) is 0.530. The lowest BCUT2D eigenvalue weighted by atomic mass is 9.87. The normalized spacial score (nSPS) is 12.2. The lowest BCUT2D eigenvalue weighted by Gasteiger charge is -2.18. The van der Waals surface area contributed by atoms with Gasteiger partial charge in [-0.05, 0) is 36.5 Å². The van der Waals surface area contributed by atoms with Gasteiger partial charge in [-0.25, -0.2) is 0 Å². The van der Waals surface area contributed by atoms with E-state index in [1.54, 1.807) is 7.11 Å². The SMILES string of the molecule is CCc1cccc2c([C@H](CC(=O)NCCCOC)c3ccc(C)cc3)c[nH]c12. The lowest BCUT2D eigenvalue weighted by molar-refractivity contribution is -0.121. The minimum atomic E-state index is 0.0175.